The summed E-state index contributed by atoms with van der Waals surface area (Å²) >= 11 is 0. The molecule has 4 heteroatoms. The molecule has 0 amide bonds. The highest BCUT2D eigenvalue weighted by Gasteiger charge is 2.18. The highest BCUT2D eigenvalue weighted by Crippen LogP contribution is 2.28. The first kappa shape index (κ1) is 12.2. The number of hydrogen-bond donors (Lipinski definition) is 1. The number of nitrogens with zero attached hydrogens (tertiary/aromatic N) is 2. The average molecular weight is 278 g/mol. The largest absolute Gasteiger partial charge is 0.458 e. The quantitative estimate of drug-likeness (QED) is 0.611. The molecule has 0 saturated carbocycles. The number of imidazole rings is 1. The number of benzene rings is 1. The fourth-order valence-electron chi connectivity index (χ4n) is 2.55. The standard InChI is InChI=1S/C17H14N2O2/c1-11-5-6-14-12(8-11)9-15(21-14)17(20)13-10-19-7-3-2-4-16(19)18-13/h2-10,17,20H,1H3. The summed E-state index contributed by atoms with van der Waals surface area (Å²) < 4.78 is 7.62. The van der Waals surface area contributed by atoms with E-state index in [0.717, 1.165) is 22.2 Å². The molecule has 0 aliphatic heterocycles. The number of aliphatic hydroxyl groups excluding tert-OH is 1. The van der Waals surface area contributed by atoms with E-state index in [0.29, 0.717) is 11.5 Å². The topological polar surface area (TPSA) is 50.7 Å². The van der Waals surface area contributed by atoms with Gasteiger partial charge in [-0.05, 0) is 37.3 Å². The third-order valence-electron chi connectivity index (χ3n) is 3.62. The number of hydrogen-bond acceptors (Lipinski definition) is 3. The average Bonchev–Trinajstić information content (AvgIpc) is 3.09. The summed E-state index contributed by atoms with van der Waals surface area (Å²) in [6.07, 6.45) is 2.86. The number of aliphatic hydroxyl groups is 1. The van der Waals surface area contributed by atoms with Gasteiger partial charge in [-0.25, -0.2) is 4.98 Å². The van der Waals surface area contributed by atoms with Crippen molar-refractivity contribution in [3.63, 3.8) is 0 Å². The molecule has 21 heavy (non-hydrogen) atoms. The molecule has 1 atom stereocenters. The molecule has 0 fully saturated rings. The van der Waals surface area contributed by atoms with Gasteiger partial charge >= 0.3 is 0 Å². The lowest BCUT2D eigenvalue weighted by molar-refractivity contribution is 0.188. The molecule has 0 spiro atoms. The van der Waals surface area contributed by atoms with Gasteiger partial charge in [0.25, 0.3) is 0 Å². The Morgan fingerprint density at radius 1 is 1.19 bits per heavy atom. The zero-order valence-corrected chi connectivity index (χ0v) is 11.5. The molecule has 0 aliphatic carbocycles. The van der Waals surface area contributed by atoms with E-state index >= 15 is 0 Å². The van der Waals surface area contributed by atoms with E-state index < -0.39 is 6.10 Å². The van der Waals surface area contributed by atoms with Gasteiger partial charge in [-0.2, -0.15) is 0 Å². The monoisotopic (exact) mass is 278 g/mol. The summed E-state index contributed by atoms with van der Waals surface area (Å²) in [5.41, 5.74) is 3.32. The first-order valence-electron chi connectivity index (χ1n) is 6.82. The Bertz CT molecular complexity index is 903. The van der Waals surface area contributed by atoms with Crippen LogP contribution in [0.1, 0.15) is 23.1 Å². The van der Waals surface area contributed by atoms with Gasteiger partial charge in [0.2, 0.25) is 0 Å². The second-order valence-electron chi connectivity index (χ2n) is 5.22. The zero-order valence-electron chi connectivity index (χ0n) is 11.5. The van der Waals surface area contributed by atoms with Crippen LogP contribution in [0, 0.1) is 6.92 Å². The van der Waals surface area contributed by atoms with Crippen molar-refractivity contribution in [2.75, 3.05) is 0 Å². The van der Waals surface area contributed by atoms with Gasteiger partial charge in [-0.1, -0.05) is 17.7 Å². The van der Waals surface area contributed by atoms with Gasteiger partial charge in [-0.15, -0.1) is 0 Å². The maximum absolute atomic E-state index is 10.5. The van der Waals surface area contributed by atoms with Gasteiger partial charge in [-0.3, -0.25) is 0 Å². The van der Waals surface area contributed by atoms with Crippen molar-refractivity contribution in [3.8, 4) is 0 Å². The molecule has 0 bridgehead atoms. The van der Waals surface area contributed by atoms with Gasteiger partial charge in [0.1, 0.15) is 17.0 Å². The summed E-state index contributed by atoms with van der Waals surface area (Å²) in [5, 5.41) is 11.5. The van der Waals surface area contributed by atoms with Crippen LogP contribution in [0.5, 0.6) is 0 Å². The molecule has 1 unspecified atom stereocenters. The van der Waals surface area contributed by atoms with Crippen LogP contribution < -0.4 is 0 Å². The third kappa shape index (κ3) is 2.00. The van der Waals surface area contributed by atoms with Crippen LogP contribution in [0.4, 0.5) is 0 Å². The summed E-state index contributed by atoms with van der Waals surface area (Å²) in [7, 11) is 0. The Balaban J connectivity index is 1.79. The van der Waals surface area contributed by atoms with Crippen molar-refractivity contribution in [3.05, 3.63) is 71.9 Å². The fraction of sp³-hybridized carbons (Fsp3) is 0.118. The number of pyridine rings is 1. The van der Waals surface area contributed by atoms with Crippen molar-refractivity contribution < 1.29 is 9.52 Å². The van der Waals surface area contributed by atoms with Crippen LogP contribution in [-0.4, -0.2) is 14.5 Å². The van der Waals surface area contributed by atoms with Crippen molar-refractivity contribution in [2.24, 2.45) is 0 Å². The Labute approximate surface area is 121 Å². The van der Waals surface area contributed by atoms with Crippen molar-refractivity contribution in [2.45, 2.75) is 13.0 Å². The summed E-state index contributed by atoms with van der Waals surface area (Å²) in [6, 6.07) is 13.6. The van der Waals surface area contributed by atoms with Crippen LogP contribution in [0.3, 0.4) is 0 Å². The lowest BCUT2D eigenvalue weighted by Gasteiger charge is -2.02. The molecule has 3 aromatic heterocycles. The molecule has 1 N–H and O–H groups in total. The highest BCUT2D eigenvalue weighted by molar-refractivity contribution is 5.78. The minimum absolute atomic E-state index is 0.513. The number of furan rings is 1. The molecule has 4 aromatic rings. The van der Waals surface area contributed by atoms with Crippen LogP contribution in [-0.2, 0) is 0 Å². The molecule has 0 radical (unpaired) electrons. The Morgan fingerprint density at radius 2 is 2.10 bits per heavy atom. The van der Waals surface area contributed by atoms with Crippen molar-refractivity contribution >= 4 is 16.6 Å². The maximum atomic E-state index is 10.5. The molecule has 4 nitrogen and oxygen atoms in total. The lowest BCUT2D eigenvalue weighted by atomic mass is 10.1. The molecule has 4 rings (SSSR count). The Morgan fingerprint density at radius 3 is 2.95 bits per heavy atom. The maximum Gasteiger partial charge on any atom is 0.155 e. The molecule has 0 aliphatic rings. The van der Waals surface area contributed by atoms with Gasteiger partial charge in [0, 0.05) is 17.8 Å². The smallest absolute Gasteiger partial charge is 0.155 e. The molecule has 104 valence electrons. The molecular weight excluding hydrogens is 264 g/mol. The van der Waals surface area contributed by atoms with Gasteiger partial charge in [0.15, 0.2) is 6.10 Å². The summed E-state index contributed by atoms with van der Waals surface area (Å²) in [4.78, 5) is 4.43. The minimum Gasteiger partial charge on any atom is -0.458 e. The predicted molar refractivity (Wildman–Crippen MR) is 80.2 cm³/mol. The Hall–Kier alpha value is -2.59. The first-order chi connectivity index (χ1) is 10.2. The highest BCUT2D eigenvalue weighted by atomic mass is 16.4. The van der Waals surface area contributed by atoms with Crippen LogP contribution >= 0.6 is 0 Å². The van der Waals surface area contributed by atoms with Gasteiger partial charge < -0.3 is 13.9 Å². The first-order valence-corrected chi connectivity index (χ1v) is 6.82. The van der Waals surface area contributed by atoms with E-state index in [-0.39, 0.29) is 0 Å². The summed E-state index contributed by atoms with van der Waals surface area (Å²) in [6.45, 7) is 2.03. The lowest BCUT2D eigenvalue weighted by Crippen LogP contribution is -1.97. The normalized spacial score (nSPS) is 13.0. The second-order valence-corrected chi connectivity index (χ2v) is 5.22. The van der Waals surface area contributed by atoms with Crippen LogP contribution in [0.15, 0.2) is 59.3 Å². The van der Waals surface area contributed by atoms with E-state index in [2.05, 4.69) is 4.98 Å². The SMILES string of the molecule is Cc1ccc2oc(C(O)c3cn4ccccc4n3)cc2c1. The van der Waals surface area contributed by atoms with Gasteiger partial charge in [0.05, 0.1) is 5.69 Å². The third-order valence-corrected chi connectivity index (χ3v) is 3.62. The van der Waals surface area contributed by atoms with Crippen molar-refractivity contribution in [1.82, 2.24) is 9.38 Å². The van der Waals surface area contributed by atoms with E-state index in [1.54, 1.807) is 0 Å². The van der Waals surface area contributed by atoms with Crippen LogP contribution in [0.2, 0.25) is 0 Å². The Kier molecular flexibility index (Phi) is 2.59. The van der Waals surface area contributed by atoms with Crippen molar-refractivity contribution in [1.29, 1.82) is 0 Å². The summed E-state index contributed by atoms with van der Waals surface area (Å²) in [5.74, 6) is 0.513. The second kappa shape index (κ2) is 4.46. The van der Waals surface area contributed by atoms with Crippen LogP contribution in [0.25, 0.3) is 16.6 Å². The number of aryl methyl sites for hydroxylation is 1. The number of rotatable bonds is 2. The molecular formula is C17H14N2O2. The van der Waals surface area contributed by atoms with E-state index in [9.17, 15) is 5.11 Å². The molecule has 0 saturated heterocycles. The minimum atomic E-state index is -0.863. The zero-order chi connectivity index (χ0) is 14.4. The predicted octanol–water partition coefficient (Wildman–Crippen LogP) is 3.47. The van der Waals surface area contributed by atoms with E-state index in [1.165, 1.54) is 0 Å². The number of fused-ring (bicyclic) bond motifs is 2. The molecule has 1 aromatic carbocycles. The van der Waals surface area contributed by atoms with E-state index in [4.69, 9.17) is 4.42 Å². The molecule has 3 heterocycles. The van der Waals surface area contributed by atoms with E-state index in [1.807, 2.05) is 66.2 Å². The fourth-order valence-corrected chi connectivity index (χ4v) is 2.55. The number of aromatic nitrogens is 2.